The highest BCUT2D eigenvalue weighted by Crippen LogP contribution is 2.29. The molecule has 4 rings (SSSR count). The van der Waals surface area contributed by atoms with Gasteiger partial charge in [-0.15, -0.1) is 0 Å². The van der Waals surface area contributed by atoms with Crippen LogP contribution in [0.4, 0.5) is 19.0 Å². The first-order valence-electron chi connectivity index (χ1n) is 10.3. The van der Waals surface area contributed by atoms with Crippen molar-refractivity contribution in [2.75, 3.05) is 36.8 Å². The summed E-state index contributed by atoms with van der Waals surface area (Å²) >= 11 is 0. The summed E-state index contributed by atoms with van der Waals surface area (Å²) in [5.74, 6) is -1.55. The summed E-state index contributed by atoms with van der Waals surface area (Å²) in [6.45, 7) is 1.74. The summed E-state index contributed by atoms with van der Waals surface area (Å²) in [4.78, 5) is 23.8. The number of piperazine rings is 1. The van der Waals surface area contributed by atoms with Gasteiger partial charge in [-0.3, -0.25) is 4.79 Å². The Morgan fingerprint density at radius 3 is 2.32 bits per heavy atom. The Labute approximate surface area is 193 Å². The lowest BCUT2D eigenvalue weighted by Gasteiger charge is -2.35. The molecule has 0 radical (unpaired) electrons. The number of alkyl halides is 3. The molecule has 1 fully saturated rings. The van der Waals surface area contributed by atoms with Gasteiger partial charge in [-0.05, 0) is 24.3 Å². The number of sulfone groups is 1. The Bertz CT molecular complexity index is 1240. The first-order valence-corrected chi connectivity index (χ1v) is 12.0. The zero-order valence-corrected chi connectivity index (χ0v) is 18.6. The van der Waals surface area contributed by atoms with E-state index < -0.39 is 21.9 Å². The van der Waals surface area contributed by atoms with E-state index in [0.717, 1.165) is 0 Å². The van der Waals surface area contributed by atoms with Crippen LogP contribution in [0.3, 0.4) is 0 Å². The van der Waals surface area contributed by atoms with E-state index in [2.05, 4.69) is 19.6 Å². The van der Waals surface area contributed by atoms with Crippen molar-refractivity contribution < 1.29 is 30.9 Å². The smallest absolute Gasteiger partial charge is 0.353 e. The zero-order valence-electron chi connectivity index (χ0n) is 17.8. The number of aromatic nitrogens is 3. The highest BCUT2D eigenvalue weighted by molar-refractivity contribution is 7.91. The lowest BCUT2D eigenvalue weighted by molar-refractivity contribution is -0.159. The fourth-order valence-electron chi connectivity index (χ4n) is 3.47. The summed E-state index contributed by atoms with van der Waals surface area (Å²) in [7, 11) is -3.53. The number of rotatable bonds is 6. The Hall–Kier alpha value is -3.48. The van der Waals surface area contributed by atoms with E-state index >= 15 is 0 Å². The summed E-state index contributed by atoms with van der Waals surface area (Å²) in [6, 6.07) is 11.2. The minimum atomic E-state index is -4.72. The van der Waals surface area contributed by atoms with Crippen molar-refractivity contribution >= 4 is 21.6 Å². The van der Waals surface area contributed by atoms with Crippen LogP contribution in [0.5, 0.6) is 0 Å². The minimum Gasteiger partial charge on any atom is -0.353 e. The number of carbonyl (C=O) groups is 1. The third kappa shape index (κ3) is 5.35. The van der Waals surface area contributed by atoms with E-state index in [0.29, 0.717) is 32.0 Å². The molecule has 0 N–H and O–H groups in total. The molecule has 1 saturated heterocycles. The SMILES string of the molecule is O=C(CCS(=O)(=O)c1ccccc1)N1CCN(c2ccc(-c3noc(C(F)(F)F)n3)cn2)CC1. The number of nitrogens with zero attached hydrogens (tertiary/aromatic N) is 5. The highest BCUT2D eigenvalue weighted by Gasteiger charge is 2.38. The van der Waals surface area contributed by atoms with E-state index in [1.54, 1.807) is 35.2 Å². The molecule has 3 aromatic rings. The minimum absolute atomic E-state index is 0.102. The number of carbonyl (C=O) groups excluding carboxylic acids is 1. The molecule has 1 aromatic carbocycles. The van der Waals surface area contributed by atoms with E-state index in [4.69, 9.17) is 0 Å². The summed E-state index contributed by atoms with van der Waals surface area (Å²) in [6.07, 6.45) is -3.47. The number of pyridine rings is 1. The van der Waals surface area contributed by atoms with Crippen LogP contribution in [0.2, 0.25) is 0 Å². The van der Waals surface area contributed by atoms with Crippen molar-refractivity contribution in [1.82, 2.24) is 20.0 Å². The molecule has 1 aliphatic heterocycles. The molecule has 180 valence electrons. The molecule has 34 heavy (non-hydrogen) atoms. The zero-order chi connectivity index (χ0) is 24.3. The van der Waals surface area contributed by atoms with E-state index in [1.165, 1.54) is 18.3 Å². The van der Waals surface area contributed by atoms with Crippen LogP contribution in [0.1, 0.15) is 12.3 Å². The first kappa shape index (κ1) is 23.7. The average Bonchev–Trinajstić information content (AvgIpc) is 3.35. The van der Waals surface area contributed by atoms with Crippen LogP contribution < -0.4 is 4.90 Å². The molecule has 0 bridgehead atoms. The molecule has 0 aliphatic carbocycles. The van der Waals surface area contributed by atoms with Crippen molar-refractivity contribution in [3.8, 4) is 11.4 Å². The molecule has 13 heteroatoms. The molecule has 9 nitrogen and oxygen atoms in total. The topological polar surface area (TPSA) is 110 Å². The average molecular weight is 495 g/mol. The van der Waals surface area contributed by atoms with Gasteiger partial charge in [0.25, 0.3) is 0 Å². The number of anilines is 1. The van der Waals surface area contributed by atoms with Crippen molar-refractivity contribution in [3.05, 3.63) is 54.6 Å². The molecular formula is C21H20F3N5O4S. The number of halogens is 3. The molecule has 0 unspecified atom stereocenters. The Morgan fingerprint density at radius 2 is 1.74 bits per heavy atom. The third-order valence-electron chi connectivity index (χ3n) is 5.32. The van der Waals surface area contributed by atoms with Gasteiger partial charge < -0.3 is 14.3 Å². The molecule has 1 aliphatic rings. The maximum absolute atomic E-state index is 12.6. The highest BCUT2D eigenvalue weighted by atomic mass is 32.2. The van der Waals surface area contributed by atoms with Crippen LogP contribution in [-0.4, -0.2) is 66.3 Å². The molecule has 0 spiro atoms. The van der Waals surface area contributed by atoms with Crippen LogP contribution in [0.25, 0.3) is 11.4 Å². The van der Waals surface area contributed by atoms with Gasteiger partial charge >= 0.3 is 12.1 Å². The predicted molar refractivity (Wildman–Crippen MR) is 114 cm³/mol. The second-order valence-corrected chi connectivity index (χ2v) is 9.68. The van der Waals surface area contributed by atoms with Gasteiger partial charge in [0.15, 0.2) is 9.84 Å². The number of benzene rings is 1. The van der Waals surface area contributed by atoms with Gasteiger partial charge in [-0.1, -0.05) is 23.4 Å². The molecule has 2 aromatic heterocycles. The maximum atomic E-state index is 12.6. The predicted octanol–water partition coefficient (Wildman–Crippen LogP) is 2.66. The normalized spacial score (nSPS) is 14.9. The van der Waals surface area contributed by atoms with Gasteiger partial charge in [-0.2, -0.15) is 18.2 Å². The van der Waals surface area contributed by atoms with Gasteiger partial charge in [0.1, 0.15) is 5.82 Å². The molecular weight excluding hydrogens is 475 g/mol. The second kappa shape index (κ2) is 9.41. The molecule has 3 heterocycles. The van der Waals surface area contributed by atoms with Gasteiger partial charge in [0.05, 0.1) is 10.6 Å². The fraction of sp³-hybridized carbons (Fsp3) is 0.333. The fourth-order valence-corrected chi connectivity index (χ4v) is 4.72. The van der Waals surface area contributed by atoms with E-state index in [9.17, 15) is 26.4 Å². The first-order chi connectivity index (χ1) is 16.1. The molecule has 0 atom stereocenters. The number of hydrogen-bond acceptors (Lipinski definition) is 8. The quantitative estimate of drug-likeness (QED) is 0.514. The Balaban J connectivity index is 1.30. The van der Waals surface area contributed by atoms with Crippen LogP contribution in [0.15, 0.2) is 58.1 Å². The van der Waals surface area contributed by atoms with Crippen LogP contribution in [0, 0.1) is 0 Å². The van der Waals surface area contributed by atoms with Crippen molar-refractivity contribution in [3.63, 3.8) is 0 Å². The van der Waals surface area contributed by atoms with Crippen LogP contribution in [-0.2, 0) is 20.8 Å². The summed E-state index contributed by atoms with van der Waals surface area (Å²) < 4.78 is 66.9. The Kier molecular flexibility index (Phi) is 6.55. The van der Waals surface area contributed by atoms with Crippen molar-refractivity contribution in [1.29, 1.82) is 0 Å². The van der Waals surface area contributed by atoms with Crippen LogP contribution >= 0.6 is 0 Å². The largest absolute Gasteiger partial charge is 0.471 e. The van der Waals surface area contributed by atoms with E-state index in [-0.39, 0.29) is 34.4 Å². The summed E-state index contributed by atoms with van der Waals surface area (Å²) in [5.41, 5.74) is 0.274. The standard InChI is InChI=1S/C21H20F3N5O4S/c22-21(23,24)20-26-19(27-33-20)15-6-7-17(25-14-15)28-9-11-29(12-10-28)18(30)8-13-34(31,32)16-4-2-1-3-5-16/h1-7,14H,8-13H2. The monoisotopic (exact) mass is 495 g/mol. The second-order valence-electron chi connectivity index (χ2n) is 7.58. The van der Waals surface area contributed by atoms with Gasteiger partial charge in [0.2, 0.25) is 11.7 Å². The van der Waals surface area contributed by atoms with Crippen molar-refractivity contribution in [2.24, 2.45) is 0 Å². The maximum Gasteiger partial charge on any atom is 0.471 e. The Morgan fingerprint density at radius 1 is 1.03 bits per heavy atom. The van der Waals surface area contributed by atoms with Gasteiger partial charge in [-0.25, -0.2) is 13.4 Å². The lowest BCUT2D eigenvalue weighted by atomic mass is 10.2. The lowest BCUT2D eigenvalue weighted by Crippen LogP contribution is -2.49. The number of hydrogen-bond donors (Lipinski definition) is 0. The summed E-state index contributed by atoms with van der Waals surface area (Å²) in [5, 5.41) is 3.33. The third-order valence-corrected chi connectivity index (χ3v) is 7.05. The molecule has 1 amide bonds. The van der Waals surface area contributed by atoms with Gasteiger partial charge in [0, 0.05) is 44.4 Å². The van der Waals surface area contributed by atoms with E-state index in [1.807, 2.05) is 4.90 Å². The molecule has 0 saturated carbocycles. The van der Waals surface area contributed by atoms with Crippen molar-refractivity contribution in [2.45, 2.75) is 17.5 Å². The number of amides is 1.